The highest BCUT2D eigenvalue weighted by Gasteiger charge is 2.57. The Morgan fingerprint density at radius 3 is 2.88 bits per heavy atom. The van der Waals surface area contributed by atoms with Crippen molar-refractivity contribution in [3.05, 3.63) is 11.1 Å². The summed E-state index contributed by atoms with van der Waals surface area (Å²) in [6.07, 6.45) is 9.97. The van der Waals surface area contributed by atoms with E-state index >= 15 is 0 Å². The molecule has 0 amide bonds. The first kappa shape index (κ1) is 11.8. The molecule has 2 heterocycles. The van der Waals surface area contributed by atoms with Gasteiger partial charge in [0.1, 0.15) is 5.54 Å². The van der Waals surface area contributed by atoms with E-state index in [-0.39, 0.29) is 0 Å². The fourth-order valence-corrected chi connectivity index (χ4v) is 5.12. The van der Waals surface area contributed by atoms with Crippen LogP contribution in [0, 0.1) is 5.92 Å². The second-order valence-electron chi connectivity index (χ2n) is 7.12. The topological polar surface area (TPSA) is 0 Å². The minimum Gasteiger partial charge on any atom is -0.317 e. The van der Waals surface area contributed by atoms with E-state index in [9.17, 15) is 0 Å². The monoisotopic (exact) mass is 234 g/mol. The Labute approximate surface area is 106 Å². The van der Waals surface area contributed by atoms with Crippen molar-refractivity contribution in [2.24, 2.45) is 5.92 Å². The molecule has 0 spiro atoms. The van der Waals surface area contributed by atoms with Crippen LogP contribution in [0.2, 0.25) is 0 Å². The molecule has 1 nitrogen and oxygen atoms in total. The second kappa shape index (κ2) is 3.85. The van der Waals surface area contributed by atoms with Crippen LogP contribution in [-0.2, 0) is 0 Å². The van der Waals surface area contributed by atoms with Crippen molar-refractivity contribution >= 4 is 0 Å². The summed E-state index contributed by atoms with van der Waals surface area (Å²) in [5, 5.41) is 0. The number of quaternary nitrogens is 1. The molecular formula is C16H28N+. The molecule has 2 aliphatic heterocycles. The normalized spacial score (nSPS) is 45.0. The van der Waals surface area contributed by atoms with Gasteiger partial charge in [0.25, 0.3) is 0 Å². The molecule has 1 heteroatoms. The van der Waals surface area contributed by atoms with E-state index in [1.165, 1.54) is 62.5 Å². The lowest BCUT2D eigenvalue weighted by atomic mass is 9.79. The van der Waals surface area contributed by atoms with Gasteiger partial charge < -0.3 is 4.48 Å². The number of likely N-dealkylation sites (N-methyl/N-ethyl adjacent to an activating group) is 1. The van der Waals surface area contributed by atoms with Crippen LogP contribution in [0.5, 0.6) is 0 Å². The maximum Gasteiger partial charge on any atom is 0.118 e. The maximum atomic E-state index is 2.59. The molecular weight excluding hydrogens is 206 g/mol. The van der Waals surface area contributed by atoms with Crippen LogP contribution in [-0.4, -0.2) is 30.2 Å². The van der Waals surface area contributed by atoms with Crippen LogP contribution in [0.4, 0.5) is 0 Å². The van der Waals surface area contributed by atoms with Gasteiger partial charge in [0.2, 0.25) is 0 Å². The molecule has 0 saturated carbocycles. The number of fused-ring (bicyclic) bond motifs is 2. The zero-order valence-electron chi connectivity index (χ0n) is 11.9. The summed E-state index contributed by atoms with van der Waals surface area (Å²) in [5.41, 5.74) is 4.27. The molecule has 0 aromatic carbocycles. The van der Waals surface area contributed by atoms with Crippen LogP contribution >= 0.6 is 0 Å². The Hall–Kier alpha value is -0.300. The van der Waals surface area contributed by atoms with E-state index in [4.69, 9.17) is 0 Å². The molecule has 3 rings (SSSR count). The van der Waals surface area contributed by atoms with Gasteiger partial charge in [-0.25, -0.2) is 0 Å². The van der Waals surface area contributed by atoms with Crippen LogP contribution in [0.3, 0.4) is 0 Å². The predicted molar refractivity (Wildman–Crippen MR) is 72.8 cm³/mol. The zero-order chi connectivity index (χ0) is 12.1. The zero-order valence-corrected chi connectivity index (χ0v) is 11.9. The quantitative estimate of drug-likeness (QED) is 0.502. The summed E-state index contributed by atoms with van der Waals surface area (Å²) in [5.74, 6) is 0.988. The van der Waals surface area contributed by atoms with Crippen molar-refractivity contribution in [1.82, 2.24) is 0 Å². The summed E-state index contributed by atoms with van der Waals surface area (Å²) >= 11 is 0. The van der Waals surface area contributed by atoms with Crippen LogP contribution < -0.4 is 0 Å². The lowest BCUT2D eigenvalue weighted by molar-refractivity contribution is -0.941. The lowest BCUT2D eigenvalue weighted by Crippen LogP contribution is -2.59. The molecule has 0 radical (unpaired) electrons. The third-order valence-corrected chi connectivity index (χ3v) is 6.13. The maximum absolute atomic E-state index is 2.59. The van der Waals surface area contributed by atoms with Crippen molar-refractivity contribution in [3.63, 3.8) is 0 Å². The van der Waals surface area contributed by atoms with Gasteiger partial charge in [-0.1, -0.05) is 18.9 Å². The van der Waals surface area contributed by atoms with E-state index in [0.29, 0.717) is 5.54 Å². The molecule has 17 heavy (non-hydrogen) atoms. The van der Waals surface area contributed by atoms with Gasteiger partial charge in [-0.15, -0.1) is 0 Å². The number of hydrogen-bond donors (Lipinski definition) is 0. The molecule has 1 unspecified atom stereocenters. The highest BCUT2D eigenvalue weighted by Crippen LogP contribution is 2.53. The third-order valence-electron chi connectivity index (χ3n) is 6.13. The molecule has 0 N–H and O–H groups in total. The summed E-state index contributed by atoms with van der Waals surface area (Å²) in [4.78, 5) is 0. The van der Waals surface area contributed by atoms with Crippen molar-refractivity contribution in [3.8, 4) is 0 Å². The van der Waals surface area contributed by atoms with E-state index in [1.807, 2.05) is 11.1 Å². The molecule has 1 fully saturated rings. The summed E-state index contributed by atoms with van der Waals surface area (Å²) in [6.45, 7) is 7.79. The molecule has 96 valence electrons. The van der Waals surface area contributed by atoms with Gasteiger partial charge in [-0.05, 0) is 38.2 Å². The van der Waals surface area contributed by atoms with Crippen molar-refractivity contribution < 1.29 is 4.48 Å². The van der Waals surface area contributed by atoms with Gasteiger partial charge in [0.15, 0.2) is 0 Å². The first-order valence-corrected chi connectivity index (χ1v) is 7.65. The minimum atomic E-state index is 0.518. The average Bonchev–Trinajstić information content (AvgIpc) is 2.82. The van der Waals surface area contributed by atoms with Crippen molar-refractivity contribution in [2.75, 3.05) is 20.1 Å². The highest BCUT2D eigenvalue weighted by atomic mass is 15.4. The molecule has 1 aliphatic carbocycles. The Balaban J connectivity index is 1.94. The summed E-state index contributed by atoms with van der Waals surface area (Å²) < 4.78 is 1.36. The predicted octanol–water partition coefficient (Wildman–Crippen LogP) is 3.90. The molecule has 0 aromatic rings. The van der Waals surface area contributed by atoms with Gasteiger partial charge in [-0.2, -0.15) is 0 Å². The summed E-state index contributed by atoms with van der Waals surface area (Å²) in [6, 6.07) is 0. The van der Waals surface area contributed by atoms with Crippen molar-refractivity contribution in [2.45, 2.75) is 64.3 Å². The third kappa shape index (κ3) is 1.54. The van der Waals surface area contributed by atoms with E-state index in [2.05, 4.69) is 20.9 Å². The molecule has 3 aliphatic rings. The van der Waals surface area contributed by atoms with Crippen LogP contribution in [0.1, 0.15) is 58.8 Å². The Bertz CT molecular complexity index is 357. The number of nitrogens with zero attached hydrogens (tertiary/aromatic N) is 1. The van der Waals surface area contributed by atoms with Gasteiger partial charge in [0.05, 0.1) is 20.1 Å². The lowest BCUT2D eigenvalue weighted by Gasteiger charge is -2.48. The van der Waals surface area contributed by atoms with Crippen molar-refractivity contribution in [1.29, 1.82) is 0 Å². The Morgan fingerprint density at radius 1 is 1.29 bits per heavy atom. The first-order valence-electron chi connectivity index (χ1n) is 7.65. The first-order chi connectivity index (χ1) is 8.09. The van der Waals surface area contributed by atoms with Crippen LogP contribution in [0.25, 0.3) is 0 Å². The van der Waals surface area contributed by atoms with E-state index < -0.39 is 0 Å². The van der Waals surface area contributed by atoms with E-state index in [1.54, 1.807) is 0 Å². The number of hydrogen-bond acceptors (Lipinski definition) is 0. The summed E-state index contributed by atoms with van der Waals surface area (Å²) in [7, 11) is 2.54. The number of rotatable bonds is 2. The second-order valence-corrected chi connectivity index (χ2v) is 7.12. The molecule has 1 saturated heterocycles. The fraction of sp³-hybridized carbons (Fsp3) is 0.875. The fourth-order valence-electron chi connectivity index (χ4n) is 5.12. The minimum absolute atomic E-state index is 0.518. The Morgan fingerprint density at radius 2 is 2.12 bits per heavy atom. The van der Waals surface area contributed by atoms with Gasteiger partial charge in [-0.3, -0.25) is 0 Å². The van der Waals surface area contributed by atoms with Crippen LogP contribution in [0.15, 0.2) is 11.1 Å². The molecule has 3 atom stereocenters. The molecule has 0 bridgehead atoms. The Kier molecular flexibility index (Phi) is 2.66. The van der Waals surface area contributed by atoms with Gasteiger partial charge in [0, 0.05) is 18.8 Å². The van der Waals surface area contributed by atoms with Gasteiger partial charge >= 0.3 is 0 Å². The standard InChI is InChI=1S/C16H28N/c1-4-6-13-11-16(2)15-8-5-7-14(15)9-10-17(16,3)12-13/h13H,4-12H2,1-3H3/q+1/t13-,16-,17?/m0/s1. The smallest absolute Gasteiger partial charge is 0.118 e. The largest absolute Gasteiger partial charge is 0.317 e. The molecule has 0 aromatic heterocycles. The average molecular weight is 234 g/mol. The van der Waals surface area contributed by atoms with E-state index in [0.717, 1.165) is 5.92 Å². The SMILES string of the molecule is CCC[C@H]1C[C@@]2(C)C3=C(CCC3)CC[N+]2(C)C1. The highest BCUT2D eigenvalue weighted by molar-refractivity contribution is 5.31.